The molecule has 0 saturated heterocycles. The quantitative estimate of drug-likeness (QED) is 0.502. The predicted molar refractivity (Wildman–Crippen MR) is 99.4 cm³/mol. The Kier molecular flexibility index (Phi) is 7.62. The van der Waals surface area contributed by atoms with Gasteiger partial charge in [0.25, 0.3) is 11.8 Å². The van der Waals surface area contributed by atoms with E-state index in [9.17, 15) is 23.2 Å². The van der Waals surface area contributed by atoms with E-state index in [4.69, 9.17) is 0 Å². The third kappa shape index (κ3) is 6.15. The summed E-state index contributed by atoms with van der Waals surface area (Å²) in [6, 6.07) is 9.68. The number of hydrazine groups is 1. The second kappa shape index (κ2) is 10.1. The van der Waals surface area contributed by atoms with Crippen LogP contribution in [0.2, 0.25) is 0 Å². The first-order valence-corrected chi connectivity index (χ1v) is 8.82. The fraction of sp³-hybridized carbons (Fsp3) is 0.250. The highest BCUT2D eigenvalue weighted by Crippen LogP contribution is 2.09. The lowest BCUT2D eigenvalue weighted by molar-refractivity contribution is -0.121. The van der Waals surface area contributed by atoms with Crippen molar-refractivity contribution in [1.29, 1.82) is 0 Å². The molecule has 0 fully saturated rings. The summed E-state index contributed by atoms with van der Waals surface area (Å²) in [6.45, 7) is 2.13. The number of nitrogens with one attached hydrogen (secondary N) is 3. The van der Waals surface area contributed by atoms with Crippen LogP contribution in [-0.2, 0) is 11.2 Å². The summed E-state index contributed by atoms with van der Waals surface area (Å²) in [7, 11) is 0. The topological polar surface area (TPSA) is 87.3 Å². The average Bonchev–Trinajstić information content (AvgIpc) is 2.69. The Bertz CT molecular complexity index is 854. The second-order valence-electron chi connectivity index (χ2n) is 6.04. The molecular weight excluding hydrogens is 368 g/mol. The van der Waals surface area contributed by atoms with Gasteiger partial charge < -0.3 is 5.32 Å². The Labute approximate surface area is 161 Å². The van der Waals surface area contributed by atoms with Crippen molar-refractivity contribution >= 4 is 17.7 Å². The Balaban J connectivity index is 1.68. The summed E-state index contributed by atoms with van der Waals surface area (Å²) in [5, 5.41) is 2.45. The van der Waals surface area contributed by atoms with Crippen LogP contribution in [0.3, 0.4) is 0 Å². The standard InChI is InChI=1S/C20H21F2N3O3/c1-2-13-5-7-14(8-6-13)19(27)25-24-18(26)4-3-11-23-20(28)16-10-9-15(21)12-17(16)22/h5-10,12H,2-4,11H2,1H3,(H,23,28)(H,24,26)(H,25,27). The molecule has 0 heterocycles. The van der Waals surface area contributed by atoms with Gasteiger partial charge in [-0.05, 0) is 42.7 Å². The van der Waals surface area contributed by atoms with Gasteiger partial charge in [0.2, 0.25) is 5.91 Å². The Morgan fingerprint density at radius 1 is 0.929 bits per heavy atom. The molecule has 0 atom stereocenters. The molecule has 0 unspecified atom stereocenters. The molecule has 2 aromatic rings. The van der Waals surface area contributed by atoms with E-state index in [1.54, 1.807) is 12.1 Å². The maximum absolute atomic E-state index is 13.5. The molecule has 0 spiro atoms. The Morgan fingerprint density at radius 2 is 1.64 bits per heavy atom. The number of carbonyl (C=O) groups excluding carboxylic acids is 3. The van der Waals surface area contributed by atoms with Crippen LogP contribution >= 0.6 is 0 Å². The minimum Gasteiger partial charge on any atom is -0.352 e. The van der Waals surface area contributed by atoms with Gasteiger partial charge in [-0.15, -0.1) is 0 Å². The monoisotopic (exact) mass is 389 g/mol. The minimum absolute atomic E-state index is 0.0429. The van der Waals surface area contributed by atoms with Crippen molar-refractivity contribution in [3.05, 3.63) is 70.8 Å². The van der Waals surface area contributed by atoms with Gasteiger partial charge in [0.1, 0.15) is 11.6 Å². The molecule has 0 aliphatic carbocycles. The van der Waals surface area contributed by atoms with Crippen LogP contribution < -0.4 is 16.2 Å². The van der Waals surface area contributed by atoms with Crippen molar-refractivity contribution in [1.82, 2.24) is 16.2 Å². The lowest BCUT2D eigenvalue weighted by Gasteiger charge is -2.09. The van der Waals surface area contributed by atoms with Crippen molar-refractivity contribution in [3.63, 3.8) is 0 Å². The fourth-order valence-electron chi connectivity index (χ4n) is 2.37. The highest BCUT2D eigenvalue weighted by molar-refractivity contribution is 5.95. The number of hydrogen-bond donors (Lipinski definition) is 3. The fourth-order valence-corrected chi connectivity index (χ4v) is 2.37. The van der Waals surface area contributed by atoms with E-state index in [2.05, 4.69) is 16.2 Å². The summed E-state index contributed by atoms with van der Waals surface area (Å²) in [4.78, 5) is 35.5. The first-order chi connectivity index (χ1) is 13.4. The zero-order valence-electron chi connectivity index (χ0n) is 15.4. The van der Waals surface area contributed by atoms with Gasteiger partial charge in [0.15, 0.2) is 0 Å². The maximum Gasteiger partial charge on any atom is 0.269 e. The SMILES string of the molecule is CCc1ccc(C(=O)NNC(=O)CCCNC(=O)c2ccc(F)cc2F)cc1. The van der Waals surface area contributed by atoms with E-state index in [-0.39, 0.29) is 24.9 Å². The molecule has 28 heavy (non-hydrogen) atoms. The van der Waals surface area contributed by atoms with E-state index < -0.39 is 29.4 Å². The van der Waals surface area contributed by atoms with Crippen molar-refractivity contribution < 1.29 is 23.2 Å². The first kappa shape index (κ1) is 21.0. The molecule has 3 N–H and O–H groups in total. The Hall–Kier alpha value is -3.29. The molecule has 6 nitrogen and oxygen atoms in total. The average molecular weight is 389 g/mol. The minimum atomic E-state index is -0.954. The molecule has 2 rings (SSSR count). The highest BCUT2D eigenvalue weighted by Gasteiger charge is 2.12. The van der Waals surface area contributed by atoms with Gasteiger partial charge in [0, 0.05) is 24.6 Å². The van der Waals surface area contributed by atoms with E-state index in [1.165, 1.54) is 0 Å². The Morgan fingerprint density at radius 3 is 2.29 bits per heavy atom. The third-order valence-electron chi connectivity index (χ3n) is 3.98. The van der Waals surface area contributed by atoms with Gasteiger partial charge in [-0.3, -0.25) is 25.2 Å². The van der Waals surface area contributed by atoms with Gasteiger partial charge in [-0.1, -0.05) is 19.1 Å². The molecule has 8 heteroatoms. The molecular formula is C20H21F2N3O3. The molecule has 2 aromatic carbocycles. The van der Waals surface area contributed by atoms with E-state index in [0.29, 0.717) is 11.6 Å². The molecule has 3 amide bonds. The zero-order valence-corrected chi connectivity index (χ0v) is 15.4. The van der Waals surface area contributed by atoms with Gasteiger partial charge in [-0.25, -0.2) is 8.78 Å². The van der Waals surface area contributed by atoms with Crippen LogP contribution in [0.5, 0.6) is 0 Å². The van der Waals surface area contributed by atoms with Crippen molar-refractivity contribution in [3.8, 4) is 0 Å². The molecule has 0 aromatic heterocycles. The van der Waals surface area contributed by atoms with Crippen LogP contribution in [0.15, 0.2) is 42.5 Å². The lowest BCUT2D eigenvalue weighted by atomic mass is 10.1. The summed E-state index contributed by atoms with van der Waals surface area (Å²) >= 11 is 0. The summed E-state index contributed by atoms with van der Waals surface area (Å²) in [5.41, 5.74) is 5.86. The third-order valence-corrected chi connectivity index (χ3v) is 3.98. The van der Waals surface area contributed by atoms with E-state index in [0.717, 1.165) is 24.1 Å². The van der Waals surface area contributed by atoms with Gasteiger partial charge in [-0.2, -0.15) is 0 Å². The van der Waals surface area contributed by atoms with Gasteiger partial charge >= 0.3 is 0 Å². The lowest BCUT2D eigenvalue weighted by Crippen LogP contribution is -2.41. The molecule has 0 radical (unpaired) electrons. The summed E-state index contributed by atoms with van der Waals surface area (Å²) < 4.78 is 26.3. The maximum atomic E-state index is 13.5. The van der Waals surface area contributed by atoms with Crippen LogP contribution in [0, 0.1) is 11.6 Å². The number of benzene rings is 2. The van der Waals surface area contributed by atoms with Crippen molar-refractivity contribution in [2.24, 2.45) is 0 Å². The molecule has 0 aliphatic heterocycles. The zero-order chi connectivity index (χ0) is 20.5. The molecule has 0 aliphatic rings. The number of rotatable bonds is 7. The van der Waals surface area contributed by atoms with Crippen LogP contribution in [0.1, 0.15) is 46.0 Å². The first-order valence-electron chi connectivity index (χ1n) is 8.82. The number of aryl methyl sites for hydroxylation is 1. The predicted octanol–water partition coefficient (Wildman–Crippen LogP) is 2.50. The number of carbonyl (C=O) groups is 3. The number of hydrogen-bond acceptors (Lipinski definition) is 3. The summed E-state index contributed by atoms with van der Waals surface area (Å²) in [5.74, 6) is -3.28. The molecule has 148 valence electrons. The van der Waals surface area contributed by atoms with Crippen LogP contribution in [0.25, 0.3) is 0 Å². The van der Waals surface area contributed by atoms with Crippen LogP contribution in [-0.4, -0.2) is 24.3 Å². The molecule has 0 saturated carbocycles. The normalized spacial score (nSPS) is 10.2. The number of amides is 3. The van der Waals surface area contributed by atoms with Crippen LogP contribution in [0.4, 0.5) is 8.78 Å². The van der Waals surface area contributed by atoms with E-state index >= 15 is 0 Å². The second-order valence-corrected chi connectivity index (χ2v) is 6.04. The van der Waals surface area contributed by atoms with E-state index in [1.807, 2.05) is 19.1 Å². The smallest absolute Gasteiger partial charge is 0.269 e. The summed E-state index contributed by atoms with van der Waals surface area (Å²) in [6.07, 6.45) is 1.19. The van der Waals surface area contributed by atoms with Gasteiger partial charge in [0.05, 0.1) is 5.56 Å². The van der Waals surface area contributed by atoms with Crippen molar-refractivity contribution in [2.45, 2.75) is 26.2 Å². The largest absolute Gasteiger partial charge is 0.352 e. The van der Waals surface area contributed by atoms with Crippen molar-refractivity contribution in [2.75, 3.05) is 6.54 Å². The highest BCUT2D eigenvalue weighted by atomic mass is 19.1. The molecule has 0 bridgehead atoms. The number of halogens is 2.